The zero-order valence-electron chi connectivity index (χ0n) is 13.1. The van der Waals surface area contributed by atoms with E-state index >= 15 is 0 Å². The van der Waals surface area contributed by atoms with Crippen LogP contribution in [-0.4, -0.2) is 27.3 Å². The first-order valence-corrected chi connectivity index (χ1v) is 6.46. The Labute approximate surface area is 116 Å². The number of rotatable bonds is 4. The van der Waals surface area contributed by atoms with Crippen molar-refractivity contribution in [1.29, 1.82) is 0 Å². The molecule has 1 rings (SSSR count). The molecule has 0 heterocycles. The van der Waals surface area contributed by atoms with Gasteiger partial charge in [-0.1, -0.05) is 20.8 Å². The van der Waals surface area contributed by atoms with Crippen LogP contribution < -0.4 is 20.1 Å². The van der Waals surface area contributed by atoms with Crippen LogP contribution in [0, 0.1) is 5.41 Å². The Kier molecular flexibility index (Phi) is 4.56. The zero-order valence-corrected chi connectivity index (χ0v) is 13.1. The fraction of sp³-hybridized carbons (Fsp3) is 0.600. The summed E-state index contributed by atoms with van der Waals surface area (Å²) in [6.45, 7) is 8.83. The van der Waals surface area contributed by atoms with Crippen LogP contribution >= 0.6 is 0 Å². The normalized spacial score (nSPS) is 13.0. The Morgan fingerprint density at radius 3 is 2.00 bits per heavy atom. The first-order chi connectivity index (χ1) is 8.72. The minimum atomic E-state index is 0.161. The molecule has 0 aromatic heterocycles. The van der Waals surface area contributed by atoms with Crippen LogP contribution in [0.1, 0.15) is 27.7 Å². The summed E-state index contributed by atoms with van der Waals surface area (Å²) < 4.78 is 10.6. The summed E-state index contributed by atoms with van der Waals surface area (Å²) in [6, 6.07) is 4.07. The van der Waals surface area contributed by atoms with Crippen LogP contribution in [0.5, 0.6) is 11.5 Å². The molecule has 1 aromatic carbocycles. The maximum Gasteiger partial charge on any atom is 0.162 e. The van der Waals surface area contributed by atoms with Crippen molar-refractivity contribution >= 4 is 11.4 Å². The Morgan fingerprint density at radius 1 is 1.11 bits per heavy atom. The molecule has 1 atom stereocenters. The molecule has 108 valence electrons. The molecule has 4 heteroatoms. The highest BCUT2D eigenvalue weighted by Gasteiger charge is 2.26. The Bertz CT molecular complexity index is 439. The molecule has 1 unspecified atom stereocenters. The molecule has 0 fully saturated rings. The van der Waals surface area contributed by atoms with E-state index in [-0.39, 0.29) is 5.41 Å². The third-order valence-electron chi connectivity index (χ3n) is 3.75. The number of benzene rings is 1. The number of anilines is 2. The van der Waals surface area contributed by atoms with E-state index in [0.29, 0.717) is 23.2 Å². The number of nitrogens with two attached hydrogens (primary N) is 1. The van der Waals surface area contributed by atoms with Crippen LogP contribution in [0.2, 0.25) is 0 Å². The van der Waals surface area contributed by atoms with E-state index in [1.54, 1.807) is 20.3 Å². The molecule has 2 N–H and O–H groups in total. The van der Waals surface area contributed by atoms with E-state index < -0.39 is 0 Å². The number of nitrogen functional groups attached to an aromatic ring is 1. The molecule has 0 radical (unpaired) electrons. The Balaban J connectivity index is 3.20. The van der Waals surface area contributed by atoms with Gasteiger partial charge < -0.3 is 20.1 Å². The van der Waals surface area contributed by atoms with Gasteiger partial charge in [0.05, 0.1) is 25.6 Å². The van der Waals surface area contributed by atoms with Crippen LogP contribution in [0.15, 0.2) is 12.1 Å². The highest BCUT2D eigenvalue weighted by atomic mass is 16.5. The molecule has 0 saturated heterocycles. The van der Waals surface area contributed by atoms with E-state index in [1.807, 2.05) is 13.1 Å². The average Bonchev–Trinajstić information content (AvgIpc) is 2.35. The van der Waals surface area contributed by atoms with Gasteiger partial charge in [-0.05, 0) is 12.3 Å². The first kappa shape index (κ1) is 15.5. The molecule has 19 heavy (non-hydrogen) atoms. The number of nitrogens with zero attached hydrogens (tertiary/aromatic N) is 1. The highest BCUT2D eigenvalue weighted by molar-refractivity contribution is 5.73. The van der Waals surface area contributed by atoms with Gasteiger partial charge in [-0.3, -0.25) is 0 Å². The van der Waals surface area contributed by atoms with Crippen LogP contribution in [0.3, 0.4) is 0 Å². The standard InChI is InChI=1S/C15H26N2O2/c1-10(15(2,3)4)17(5)12-9-14(19-7)13(18-6)8-11(12)16/h8-10H,16H2,1-7H3. The highest BCUT2D eigenvalue weighted by Crippen LogP contribution is 2.38. The Morgan fingerprint density at radius 2 is 1.58 bits per heavy atom. The van der Waals surface area contributed by atoms with Gasteiger partial charge in [0, 0.05) is 25.2 Å². The van der Waals surface area contributed by atoms with E-state index in [0.717, 1.165) is 5.69 Å². The van der Waals surface area contributed by atoms with E-state index in [2.05, 4.69) is 32.6 Å². The van der Waals surface area contributed by atoms with Gasteiger partial charge in [0.2, 0.25) is 0 Å². The second-order valence-corrected chi connectivity index (χ2v) is 5.92. The largest absolute Gasteiger partial charge is 0.493 e. The summed E-state index contributed by atoms with van der Waals surface area (Å²) in [5.41, 5.74) is 7.94. The van der Waals surface area contributed by atoms with Gasteiger partial charge in [-0.2, -0.15) is 0 Å². The van der Waals surface area contributed by atoms with Gasteiger partial charge in [-0.15, -0.1) is 0 Å². The fourth-order valence-corrected chi connectivity index (χ4v) is 1.98. The molecule has 0 saturated carbocycles. The van der Waals surface area contributed by atoms with Gasteiger partial charge in [-0.25, -0.2) is 0 Å². The molecule has 0 aliphatic carbocycles. The molecule has 0 amide bonds. The predicted molar refractivity (Wildman–Crippen MR) is 81.3 cm³/mol. The van der Waals surface area contributed by atoms with Gasteiger partial charge >= 0.3 is 0 Å². The number of hydrogen-bond donors (Lipinski definition) is 1. The molecule has 0 spiro atoms. The summed E-state index contributed by atoms with van der Waals surface area (Å²) >= 11 is 0. The van der Waals surface area contributed by atoms with Crippen molar-refractivity contribution < 1.29 is 9.47 Å². The maximum absolute atomic E-state index is 6.13. The van der Waals surface area contributed by atoms with Crippen molar-refractivity contribution in [2.24, 2.45) is 5.41 Å². The average molecular weight is 266 g/mol. The zero-order chi connectivity index (χ0) is 14.8. The van der Waals surface area contributed by atoms with Crippen LogP contribution in [0.25, 0.3) is 0 Å². The second kappa shape index (κ2) is 5.59. The first-order valence-electron chi connectivity index (χ1n) is 6.46. The topological polar surface area (TPSA) is 47.7 Å². The van der Waals surface area contributed by atoms with Crippen molar-refractivity contribution in [2.75, 3.05) is 31.9 Å². The van der Waals surface area contributed by atoms with Crippen LogP contribution in [0.4, 0.5) is 11.4 Å². The molecule has 4 nitrogen and oxygen atoms in total. The van der Waals surface area contributed by atoms with Gasteiger partial charge in [0.15, 0.2) is 11.5 Å². The summed E-state index contributed by atoms with van der Waals surface area (Å²) in [6.07, 6.45) is 0. The van der Waals surface area contributed by atoms with E-state index in [1.165, 1.54) is 0 Å². The smallest absolute Gasteiger partial charge is 0.162 e. The minimum Gasteiger partial charge on any atom is -0.493 e. The molecule has 1 aromatic rings. The predicted octanol–water partition coefficient (Wildman–Crippen LogP) is 3.16. The lowest BCUT2D eigenvalue weighted by atomic mass is 9.87. The monoisotopic (exact) mass is 266 g/mol. The molecule has 0 bridgehead atoms. The summed E-state index contributed by atoms with van der Waals surface area (Å²) in [5, 5.41) is 0. The Hall–Kier alpha value is -1.58. The fourth-order valence-electron chi connectivity index (χ4n) is 1.98. The van der Waals surface area contributed by atoms with Crippen molar-refractivity contribution in [3.63, 3.8) is 0 Å². The second-order valence-electron chi connectivity index (χ2n) is 5.92. The van der Waals surface area contributed by atoms with Gasteiger partial charge in [0.25, 0.3) is 0 Å². The van der Waals surface area contributed by atoms with Gasteiger partial charge in [0.1, 0.15) is 0 Å². The summed E-state index contributed by atoms with van der Waals surface area (Å²) in [4.78, 5) is 2.18. The van der Waals surface area contributed by atoms with Crippen molar-refractivity contribution in [1.82, 2.24) is 0 Å². The van der Waals surface area contributed by atoms with Crippen molar-refractivity contribution in [2.45, 2.75) is 33.7 Å². The van der Waals surface area contributed by atoms with Crippen LogP contribution in [-0.2, 0) is 0 Å². The molecule has 0 aliphatic rings. The lowest BCUT2D eigenvalue weighted by molar-refractivity contribution is 0.329. The quantitative estimate of drug-likeness (QED) is 0.850. The van der Waals surface area contributed by atoms with E-state index in [9.17, 15) is 0 Å². The lowest BCUT2D eigenvalue weighted by Gasteiger charge is -2.37. The molecular formula is C15H26N2O2. The molecular weight excluding hydrogens is 240 g/mol. The number of methoxy groups -OCH3 is 2. The summed E-state index contributed by atoms with van der Waals surface area (Å²) in [7, 11) is 5.29. The minimum absolute atomic E-state index is 0.161. The number of ether oxygens (including phenoxy) is 2. The third-order valence-corrected chi connectivity index (χ3v) is 3.75. The number of hydrogen-bond acceptors (Lipinski definition) is 4. The summed E-state index contributed by atoms with van der Waals surface area (Å²) in [5.74, 6) is 1.35. The lowest BCUT2D eigenvalue weighted by Crippen LogP contribution is -2.39. The van der Waals surface area contributed by atoms with Crippen molar-refractivity contribution in [3.8, 4) is 11.5 Å². The maximum atomic E-state index is 6.13. The molecule has 0 aliphatic heterocycles. The van der Waals surface area contributed by atoms with Crippen molar-refractivity contribution in [3.05, 3.63) is 12.1 Å². The van der Waals surface area contributed by atoms with E-state index in [4.69, 9.17) is 15.2 Å². The SMILES string of the molecule is COc1cc(N)c(N(C)C(C)C(C)(C)C)cc1OC. The third kappa shape index (κ3) is 3.25.